The average Bonchev–Trinajstić information content (AvgIpc) is 2.59. The molecular formula is C10H7BrFN3O3. The molecule has 0 atom stereocenters. The van der Waals surface area contributed by atoms with Gasteiger partial charge in [0.2, 0.25) is 6.33 Å². The van der Waals surface area contributed by atoms with Crippen LogP contribution in [-0.4, -0.2) is 14.5 Å². The number of aryl methyl sites for hydroxylation is 1. The van der Waals surface area contributed by atoms with E-state index in [-0.39, 0.29) is 11.6 Å². The smallest absolute Gasteiger partial charge is 0.427 e. The number of nitro groups is 1. The summed E-state index contributed by atoms with van der Waals surface area (Å²) < 4.78 is 20.3. The normalized spacial score (nSPS) is 10.4. The fourth-order valence-corrected chi connectivity index (χ4v) is 1.79. The van der Waals surface area contributed by atoms with Crippen molar-refractivity contribution in [2.75, 3.05) is 0 Å². The lowest BCUT2D eigenvalue weighted by molar-refractivity contribution is -0.390. The van der Waals surface area contributed by atoms with Gasteiger partial charge >= 0.3 is 11.7 Å². The van der Waals surface area contributed by atoms with E-state index in [1.165, 1.54) is 23.0 Å². The van der Waals surface area contributed by atoms with Crippen LogP contribution in [0.4, 0.5) is 10.2 Å². The number of aromatic nitrogens is 2. The van der Waals surface area contributed by atoms with Crippen LogP contribution in [0.25, 0.3) is 0 Å². The van der Waals surface area contributed by atoms with E-state index in [1.54, 1.807) is 7.05 Å². The van der Waals surface area contributed by atoms with Crippen molar-refractivity contribution in [2.45, 2.75) is 0 Å². The van der Waals surface area contributed by atoms with Gasteiger partial charge in [-0.3, -0.25) is 4.57 Å². The van der Waals surface area contributed by atoms with Crippen molar-refractivity contribution in [2.24, 2.45) is 7.05 Å². The third-order valence-electron chi connectivity index (χ3n) is 2.09. The molecule has 0 bridgehead atoms. The lowest BCUT2D eigenvalue weighted by atomic mass is 10.3. The van der Waals surface area contributed by atoms with Crippen molar-refractivity contribution in [3.8, 4) is 11.6 Å². The Labute approximate surface area is 109 Å². The quantitative estimate of drug-likeness (QED) is 0.644. The van der Waals surface area contributed by atoms with Crippen LogP contribution in [0.3, 0.4) is 0 Å². The molecule has 1 aromatic carbocycles. The molecule has 8 heteroatoms. The molecule has 0 radical (unpaired) electrons. The Morgan fingerprint density at radius 2 is 2.22 bits per heavy atom. The lowest BCUT2D eigenvalue weighted by Crippen LogP contribution is -1.96. The Hall–Kier alpha value is -1.96. The molecule has 0 saturated heterocycles. The van der Waals surface area contributed by atoms with Gasteiger partial charge in [-0.15, -0.1) is 0 Å². The highest BCUT2D eigenvalue weighted by Crippen LogP contribution is 2.31. The molecule has 0 aliphatic carbocycles. The summed E-state index contributed by atoms with van der Waals surface area (Å²) in [5.74, 6) is -0.840. The molecule has 2 aromatic rings. The van der Waals surface area contributed by atoms with E-state index in [1.807, 2.05) is 0 Å². The van der Waals surface area contributed by atoms with Crippen LogP contribution in [0.15, 0.2) is 29.0 Å². The van der Waals surface area contributed by atoms with Crippen molar-refractivity contribution in [3.63, 3.8) is 0 Å². The fourth-order valence-electron chi connectivity index (χ4n) is 1.35. The minimum absolute atomic E-state index is 0.0579. The second-order valence-electron chi connectivity index (χ2n) is 3.45. The van der Waals surface area contributed by atoms with Crippen LogP contribution < -0.4 is 4.74 Å². The summed E-state index contributed by atoms with van der Waals surface area (Å²) in [5, 5.41) is 10.7. The van der Waals surface area contributed by atoms with Gasteiger partial charge in [-0.25, -0.2) is 4.39 Å². The molecule has 0 amide bonds. The highest BCUT2D eigenvalue weighted by atomic mass is 79.9. The minimum atomic E-state index is -0.663. The topological polar surface area (TPSA) is 70.2 Å². The molecule has 0 saturated carbocycles. The molecule has 1 heterocycles. The Balaban J connectivity index is 2.39. The molecule has 94 valence electrons. The van der Waals surface area contributed by atoms with Crippen molar-refractivity contribution in [3.05, 3.63) is 44.9 Å². The first-order chi connectivity index (χ1) is 8.47. The van der Waals surface area contributed by atoms with Gasteiger partial charge in [-0.05, 0) is 22.0 Å². The van der Waals surface area contributed by atoms with Gasteiger partial charge in [0, 0.05) is 17.6 Å². The van der Waals surface area contributed by atoms with Crippen LogP contribution in [0.1, 0.15) is 0 Å². The van der Waals surface area contributed by atoms with Gasteiger partial charge in [0.1, 0.15) is 11.6 Å². The number of nitrogens with zero attached hydrogens (tertiary/aromatic N) is 3. The second kappa shape index (κ2) is 4.73. The van der Waals surface area contributed by atoms with Crippen LogP contribution in [0.2, 0.25) is 0 Å². The Kier molecular flexibility index (Phi) is 3.28. The van der Waals surface area contributed by atoms with Crippen molar-refractivity contribution >= 4 is 21.7 Å². The van der Waals surface area contributed by atoms with Gasteiger partial charge in [0.15, 0.2) is 0 Å². The monoisotopic (exact) mass is 315 g/mol. The molecule has 2 rings (SSSR count). The number of rotatable bonds is 3. The summed E-state index contributed by atoms with van der Waals surface area (Å²) in [5.41, 5.74) is 0. The third kappa shape index (κ3) is 2.48. The summed E-state index contributed by atoms with van der Waals surface area (Å²) in [7, 11) is 1.55. The average molecular weight is 316 g/mol. The van der Waals surface area contributed by atoms with E-state index in [0.717, 1.165) is 6.07 Å². The predicted octanol–water partition coefficient (Wildman–Crippen LogP) is 3.02. The maximum Gasteiger partial charge on any atom is 0.427 e. The number of benzene rings is 1. The lowest BCUT2D eigenvalue weighted by Gasteiger charge is -2.05. The summed E-state index contributed by atoms with van der Waals surface area (Å²) in [6, 6.07) is 3.88. The molecule has 0 unspecified atom stereocenters. The zero-order valence-electron chi connectivity index (χ0n) is 9.13. The molecule has 1 aromatic heterocycles. The van der Waals surface area contributed by atoms with Crippen LogP contribution in [0.5, 0.6) is 11.6 Å². The Bertz CT molecular complexity index is 594. The van der Waals surface area contributed by atoms with Gasteiger partial charge in [-0.1, -0.05) is 15.9 Å². The first kappa shape index (κ1) is 12.5. The van der Waals surface area contributed by atoms with Gasteiger partial charge < -0.3 is 14.9 Å². The third-order valence-corrected chi connectivity index (χ3v) is 2.55. The molecule has 0 spiro atoms. The molecule has 6 nitrogen and oxygen atoms in total. The van der Waals surface area contributed by atoms with Crippen molar-refractivity contribution in [1.82, 2.24) is 9.55 Å². The fraction of sp³-hybridized carbons (Fsp3) is 0.100. The van der Waals surface area contributed by atoms with Gasteiger partial charge in [0.25, 0.3) is 0 Å². The zero-order valence-corrected chi connectivity index (χ0v) is 10.7. The van der Waals surface area contributed by atoms with Crippen molar-refractivity contribution < 1.29 is 14.1 Å². The molecule has 18 heavy (non-hydrogen) atoms. The van der Waals surface area contributed by atoms with Crippen LogP contribution in [-0.2, 0) is 7.05 Å². The molecule has 0 aliphatic rings. The van der Waals surface area contributed by atoms with Crippen LogP contribution >= 0.6 is 15.9 Å². The maximum absolute atomic E-state index is 13.2. The van der Waals surface area contributed by atoms with E-state index < -0.39 is 16.6 Å². The number of hydrogen-bond donors (Lipinski definition) is 0. The SMILES string of the molecule is Cn1cnc([N+](=O)[O-])c1Oc1cc(F)cc(Br)c1. The highest BCUT2D eigenvalue weighted by Gasteiger charge is 2.22. The Morgan fingerprint density at radius 3 is 2.83 bits per heavy atom. The Morgan fingerprint density at radius 1 is 1.50 bits per heavy atom. The maximum atomic E-state index is 13.2. The predicted molar refractivity (Wildman–Crippen MR) is 64.0 cm³/mol. The summed E-state index contributed by atoms with van der Waals surface area (Å²) in [6.45, 7) is 0. The van der Waals surface area contributed by atoms with Crippen molar-refractivity contribution in [1.29, 1.82) is 0 Å². The van der Waals surface area contributed by atoms with E-state index in [4.69, 9.17) is 4.74 Å². The first-order valence-electron chi connectivity index (χ1n) is 4.77. The number of ether oxygens (including phenoxy) is 1. The van der Waals surface area contributed by atoms with E-state index in [0.29, 0.717) is 4.47 Å². The summed E-state index contributed by atoms with van der Waals surface area (Å²) in [6.07, 6.45) is 1.25. The molecular weight excluding hydrogens is 309 g/mol. The van der Waals surface area contributed by atoms with Gasteiger partial charge in [0.05, 0.1) is 0 Å². The van der Waals surface area contributed by atoms with E-state index in [9.17, 15) is 14.5 Å². The number of hydrogen-bond acceptors (Lipinski definition) is 4. The number of imidazole rings is 1. The standard InChI is InChI=1S/C10H7BrFN3O3/c1-14-5-13-9(15(16)17)10(14)18-8-3-6(11)2-7(12)4-8/h2-5H,1H3. The molecule has 0 fully saturated rings. The first-order valence-corrected chi connectivity index (χ1v) is 5.56. The number of halogens is 2. The van der Waals surface area contributed by atoms with E-state index in [2.05, 4.69) is 20.9 Å². The summed E-state index contributed by atoms with van der Waals surface area (Å²) in [4.78, 5) is 13.7. The largest absolute Gasteiger partial charge is 0.433 e. The van der Waals surface area contributed by atoms with Crippen LogP contribution in [0, 0.1) is 15.9 Å². The van der Waals surface area contributed by atoms with Gasteiger partial charge in [-0.2, -0.15) is 0 Å². The highest BCUT2D eigenvalue weighted by molar-refractivity contribution is 9.10. The zero-order chi connectivity index (χ0) is 13.3. The summed E-state index contributed by atoms with van der Waals surface area (Å²) >= 11 is 3.11. The minimum Gasteiger partial charge on any atom is -0.433 e. The molecule has 0 aliphatic heterocycles. The van der Waals surface area contributed by atoms with E-state index >= 15 is 0 Å². The second-order valence-corrected chi connectivity index (χ2v) is 4.36. The molecule has 0 N–H and O–H groups in total.